The summed E-state index contributed by atoms with van der Waals surface area (Å²) in [5, 5.41) is 11.9. The van der Waals surface area contributed by atoms with Crippen LogP contribution >= 0.6 is 0 Å². The molecule has 1 aliphatic heterocycles. The van der Waals surface area contributed by atoms with Crippen LogP contribution in [-0.2, 0) is 4.74 Å². The number of aromatic nitrogens is 1. The van der Waals surface area contributed by atoms with Crippen molar-refractivity contribution in [1.29, 1.82) is 0 Å². The molecule has 23 heavy (non-hydrogen) atoms. The number of pyridine rings is 1. The highest BCUT2D eigenvalue weighted by molar-refractivity contribution is 5.83. The van der Waals surface area contributed by atoms with Crippen LogP contribution in [0.25, 0.3) is 0 Å². The summed E-state index contributed by atoms with van der Waals surface area (Å²) in [7, 11) is 0. The Labute approximate surface area is 135 Å². The van der Waals surface area contributed by atoms with Crippen LogP contribution in [0, 0.1) is 0 Å². The van der Waals surface area contributed by atoms with E-state index in [2.05, 4.69) is 10.3 Å². The fourth-order valence-corrected chi connectivity index (χ4v) is 2.64. The third-order valence-electron chi connectivity index (χ3n) is 3.55. The minimum absolute atomic E-state index is 0.205. The smallest absolute Gasteiger partial charge is 0.413 e. The van der Waals surface area contributed by atoms with Crippen LogP contribution in [0.4, 0.5) is 15.4 Å². The van der Waals surface area contributed by atoms with Gasteiger partial charge in [-0.3, -0.25) is 5.32 Å². The van der Waals surface area contributed by atoms with Gasteiger partial charge in [0, 0.05) is 12.7 Å². The molecular formula is C16H23N3O4. The molecule has 7 nitrogen and oxygen atoms in total. The standard InChI is InChI=1S/C16H23N3O4/c1-16(2,3)23-14(20)18-13-10-11(7-8-17-13)12-6-4-5-9-19(12)15(21)22/h7-8,10,12H,4-6,9H2,1-3H3,(H,21,22)(H,17,18,20). The monoisotopic (exact) mass is 321 g/mol. The van der Waals surface area contributed by atoms with Crippen molar-refractivity contribution in [3.8, 4) is 0 Å². The Balaban J connectivity index is 2.12. The van der Waals surface area contributed by atoms with Crippen LogP contribution < -0.4 is 5.32 Å². The Hall–Kier alpha value is -2.31. The summed E-state index contributed by atoms with van der Waals surface area (Å²) in [6.45, 7) is 5.87. The van der Waals surface area contributed by atoms with Gasteiger partial charge in [-0.15, -0.1) is 0 Å². The number of carbonyl (C=O) groups excluding carboxylic acids is 1. The number of likely N-dealkylation sites (tertiary alicyclic amines) is 1. The Morgan fingerprint density at radius 2 is 2.13 bits per heavy atom. The summed E-state index contributed by atoms with van der Waals surface area (Å²) in [6, 6.07) is 3.28. The quantitative estimate of drug-likeness (QED) is 0.867. The summed E-state index contributed by atoms with van der Waals surface area (Å²) in [6.07, 6.45) is 2.68. The van der Waals surface area contributed by atoms with E-state index < -0.39 is 17.8 Å². The summed E-state index contributed by atoms with van der Waals surface area (Å²) >= 11 is 0. The molecule has 0 aromatic carbocycles. The van der Waals surface area contributed by atoms with Crippen molar-refractivity contribution in [1.82, 2.24) is 9.88 Å². The van der Waals surface area contributed by atoms with Gasteiger partial charge in [0.2, 0.25) is 0 Å². The van der Waals surface area contributed by atoms with E-state index in [0.29, 0.717) is 12.4 Å². The lowest BCUT2D eigenvalue weighted by Crippen LogP contribution is -2.37. The third-order valence-corrected chi connectivity index (χ3v) is 3.55. The van der Waals surface area contributed by atoms with E-state index in [9.17, 15) is 14.7 Å². The maximum atomic E-state index is 11.8. The second-order valence-corrected chi connectivity index (χ2v) is 6.59. The maximum absolute atomic E-state index is 11.8. The molecule has 1 aromatic rings. The molecule has 1 aliphatic rings. The second-order valence-electron chi connectivity index (χ2n) is 6.59. The first-order valence-electron chi connectivity index (χ1n) is 7.72. The van der Waals surface area contributed by atoms with Crippen molar-refractivity contribution in [3.05, 3.63) is 23.9 Å². The van der Waals surface area contributed by atoms with E-state index in [4.69, 9.17) is 4.74 Å². The molecule has 1 aromatic heterocycles. The molecule has 0 aliphatic carbocycles. The van der Waals surface area contributed by atoms with Crippen molar-refractivity contribution >= 4 is 18.0 Å². The zero-order valence-corrected chi connectivity index (χ0v) is 13.7. The van der Waals surface area contributed by atoms with Crippen molar-refractivity contribution in [2.45, 2.75) is 51.7 Å². The lowest BCUT2D eigenvalue weighted by atomic mass is 9.96. The fourth-order valence-electron chi connectivity index (χ4n) is 2.64. The number of anilines is 1. The normalized spacial score (nSPS) is 18.4. The number of carboxylic acid groups (broad SMARTS) is 1. The average Bonchev–Trinajstić information content (AvgIpc) is 2.45. The van der Waals surface area contributed by atoms with E-state index in [1.807, 2.05) is 0 Å². The topological polar surface area (TPSA) is 91.8 Å². The maximum Gasteiger partial charge on any atom is 0.413 e. The largest absolute Gasteiger partial charge is 0.465 e. The lowest BCUT2D eigenvalue weighted by molar-refractivity contribution is 0.0635. The van der Waals surface area contributed by atoms with Gasteiger partial charge in [0.15, 0.2) is 0 Å². The van der Waals surface area contributed by atoms with E-state index in [-0.39, 0.29) is 6.04 Å². The van der Waals surface area contributed by atoms with Crippen molar-refractivity contribution in [2.75, 3.05) is 11.9 Å². The number of nitrogens with one attached hydrogen (secondary N) is 1. The minimum atomic E-state index is -0.923. The molecule has 0 spiro atoms. The van der Waals surface area contributed by atoms with Gasteiger partial charge in [0.25, 0.3) is 0 Å². The van der Waals surface area contributed by atoms with E-state index in [0.717, 1.165) is 24.8 Å². The Kier molecular flexibility index (Phi) is 5.08. The van der Waals surface area contributed by atoms with Crippen LogP contribution in [0.15, 0.2) is 18.3 Å². The van der Waals surface area contributed by atoms with Gasteiger partial charge in [-0.1, -0.05) is 0 Å². The molecule has 2 amide bonds. The number of hydrogen-bond acceptors (Lipinski definition) is 4. The second kappa shape index (κ2) is 6.85. The highest BCUT2D eigenvalue weighted by atomic mass is 16.6. The number of piperidine rings is 1. The van der Waals surface area contributed by atoms with Gasteiger partial charge in [0.05, 0.1) is 6.04 Å². The molecule has 0 radical (unpaired) electrons. The SMILES string of the molecule is CC(C)(C)OC(=O)Nc1cc(C2CCCCN2C(=O)O)ccn1. The Bertz CT molecular complexity index is 583. The number of amides is 2. The third kappa shape index (κ3) is 4.84. The molecule has 1 unspecified atom stereocenters. The Morgan fingerprint density at radius 3 is 2.78 bits per heavy atom. The highest BCUT2D eigenvalue weighted by Crippen LogP contribution is 2.31. The van der Waals surface area contributed by atoms with Gasteiger partial charge >= 0.3 is 12.2 Å². The predicted octanol–water partition coefficient (Wildman–Crippen LogP) is 3.63. The summed E-state index contributed by atoms with van der Waals surface area (Å²) < 4.78 is 5.19. The number of ether oxygens (including phenoxy) is 1. The molecule has 1 atom stereocenters. The first kappa shape index (κ1) is 17.1. The van der Waals surface area contributed by atoms with Crippen molar-refractivity contribution < 1.29 is 19.4 Å². The number of rotatable bonds is 2. The molecule has 2 heterocycles. The van der Waals surface area contributed by atoms with Crippen LogP contribution in [0.1, 0.15) is 51.6 Å². The summed E-state index contributed by atoms with van der Waals surface area (Å²) in [4.78, 5) is 28.7. The van der Waals surface area contributed by atoms with Gasteiger partial charge in [-0.2, -0.15) is 0 Å². The van der Waals surface area contributed by atoms with Gasteiger partial charge in [0.1, 0.15) is 11.4 Å². The van der Waals surface area contributed by atoms with E-state index >= 15 is 0 Å². The molecule has 7 heteroatoms. The first-order chi connectivity index (χ1) is 10.8. The number of nitrogens with zero attached hydrogens (tertiary/aromatic N) is 2. The zero-order valence-electron chi connectivity index (χ0n) is 13.7. The minimum Gasteiger partial charge on any atom is -0.465 e. The predicted molar refractivity (Wildman–Crippen MR) is 85.4 cm³/mol. The summed E-state index contributed by atoms with van der Waals surface area (Å²) in [5.41, 5.74) is 0.235. The molecule has 126 valence electrons. The van der Waals surface area contributed by atoms with Gasteiger partial charge < -0.3 is 14.7 Å². The first-order valence-corrected chi connectivity index (χ1v) is 7.72. The molecule has 1 saturated heterocycles. The molecular weight excluding hydrogens is 298 g/mol. The molecule has 2 N–H and O–H groups in total. The zero-order chi connectivity index (χ0) is 17.0. The van der Waals surface area contributed by atoms with E-state index in [1.165, 1.54) is 4.90 Å². The highest BCUT2D eigenvalue weighted by Gasteiger charge is 2.28. The molecule has 1 fully saturated rings. The van der Waals surface area contributed by atoms with E-state index in [1.54, 1.807) is 39.1 Å². The summed E-state index contributed by atoms with van der Waals surface area (Å²) in [5.74, 6) is 0.354. The molecule has 2 rings (SSSR count). The number of carbonyl (C=O) groups is 2. The lowest BCUT2D eigenvalue weighted by Gasteiger charge is -2.33. The van der Waals surface area contributed by atoms with Crippen molar-refractivity contribution in [3.63, 3.8) is 0 Å². The molecule has 0 bridgehead atoms. The van der Waals surface area contributed by atoms with Crippen LogP contribution in [0.3, 0.4) is 0 Å². The van der Waals surface area contributed by atoms with Crippen LogP contribution in [0.2, 0.25) is 0 Å². The number of hydrogen-bond donors (Lipinski definition) is 2. The van der Waals surface area contributed by atoms with Crippen LogP contribution in [-0.4, -0.2) is 39.3 Å². The molecule has 0 saturated carbocycles. The van der Waals surface area contributed by atoms with Crippen LogP contribution in [0.5, 0.6) is 0 Å². The average molecular weight is 321 g/mol. The van der Waals surface area contributed by atoms with Gasteiger partial charge in [-0.25, -0.2) is 14.6 Å². The fraction of sp³-hybridized carbons (Fsp3) is 0.562. The van der Waals surface area contributed by atoms with Crippen molar-refractivity contribution in [2.24, 2.45) is 0 Å². The van der Waals surface area contributed by atoms with Gasteiger partial charge in [-0.05, 0) is 57.7 Å². The Morgan fingerprint density at radius 1 is 1.39 bits per heavy atom.